The van der Waals surface area contributed by atoms with Gasteiger partial charge in [-0.3, -0.25) is 4.79 Å². The maximum atomic E-state index is 13.3. The van der Waals surface area contributed by atoms with Crippen molar-refractivity contribution in [3.05, 3.63) is 95.0 Å². The zero-order valence-corrected chi connectivity index (χ0v) is 19.3. The molecular formula is C24H25ClN2O4S. The van der Waals surface area contributed by atoms with Gasteiger partial charge in [0.1, 0.15) is 5.75 Å². The number of carbonyl (C=O) groups excluding carboxylic acids is 1. The Morgan fingerprint density at radius 1 is 0.969 bits per heavy atom. The maximum Gasteiger partial charge on any atom is 0.243 e. The molecule has 0 saturated heterocycles. The van der Waals surface area contributed by atoms with Crippen LogP contribution in [0.5, 0.6) is 5.75 Å². The molecule has 0 aliphatic carbocycles. The molecular weight excluding hydrogens is 448 g/mol. The fourth-order valence-electron chi connectivity index (χ4n) is 3.20. The summed E-state index contributed by atoms with van der Waals surface area (Å²) in [6, 6.07) is 22.8. The Bertz CT molecular complexity index is 1140. The van der Waals surface area contributed by atoms with Gasteiger partial charge in [-0.25, -0.2) is 8.42 Å². The second-order valence-electron chi connectivity index (χ2n) is 7.12. The highest BCUT2D eigenvalue weighted by atomic mass is 35.5. The Labute approximate surface area is 193 Å². The first-order valence-corrected chi connectivity index (χ1v) is 11.9. The second-order valence-corrected chi connectivity index (χ2v) is 9.49. The topological polar surface area (TPSA) is 75.7 Å². The van der Waals surface area contributed by atoms with Crippen molar-refractivity contribution >= 4 is 27.5 Å². The van der Waals surface area contributed by atoms with Crippen molar-refractivity contribution in [2.24, 2.45) is 0 Å². The minimum absolute atomic E-state index is 0.0903. The van der Waals surface area contributed by atoms with Crippen LogP contribution in [-0.4, -0.2) is 38.8 Å². The molecule has 0 spiro atoms. The van der Waals surface area contributed by atoms with Gasteiger partial charge in [-0.15, -0.1) is 0 Å². The Balaban J connectivity index is 1.75. The molecule has 8 heteroatoms. The first-order valence-electron chi connectivity index (χ1n) is 10.1. The molecule has 0 fully saturated rings. The van der Waals surface area contributed by atoms with Crippen molar-refractivity contribution in [3.8, 4) is 5.75 Å². The summed E-state index contributed by atoms with van der Waals surface area (Å²) >= 11 is 5.91. The van der Waals surface area contributed by atoms with Crippen molar-refractivity contribution in [2.75, 3.05) is 20.2 Å². The van der Waals surface area contributed by atoms with E-state index in [9.17, 15) is 13.2 Å². The highest BCUT2D eigenvalue weighted by molar-refractivity contribution is 7.89. The lowest BCUT2D eigenvalue weighted by molar-refractivity contribution is -0.121. The highest BCUT2D eigenvalue weighted by Gasteiger charge is 2.26. The van der Waals surface area contributed by atoms with Crippen LogP contribution in [0.4, 0.5) is 0 Å². The van der Waals surface area contributed by atoms with Gasteiger partial charge in [-0.2, -0.15) is 4.31 Å². The fraction of sp³-hybridized carbons (Fsp3) is 0.208. The van der Waals surface area contributed by atoms with Gasteiger partial charge in [-0.05, 0) is 42.3 Å². The minimum atomic E-state index is -3.89. The largest absolute Gasteiger partial charge is 0.496 e. The summed E-state index contributed by atoms with van der Waals surface area (Å²) < 4.78 is 33.0. The van der Waals surface area contributed by atoms with E-state index in [4.69, 9.17) is 16.3 Å². The van der Waals surface area contributed by atoms with E-state index in [0.29, 0.717) is 17.2 Å². The average Bonchev–Trinajstić information content (AvgIpc) is 2.81. The van der Waals surface area contributed by atoms with Gasteiger partial charge in [0.15, 0.2) is 0 Å². The van der Waals surface area contributed by atoms with Crippen molar-refractivity contribution in [2.45, 2.75) is 17.9 Å². The number of nitrogens with one attached hydrogen (secondary N) is 1. The lowest BCUT2D eigenvalue weighted by Gasteiger charge is -2.22. The summed E-state index contributed by atoms with van der Waals surface area (Å²) in [5.74, 6) is 0.254. The Kier molecular flexibility index (Phi) is 8.27. The predicted molar refractivity (Wildman–Crippen MR) is 125 cm³/mol. The third-order valence-electron chi connectivity index (χ3n) is 4.93. The van der Waals surface area contributed by atoms with Crippen LogP contribution in [-0.2, 0) is 27.8 Å². The van der Waals surface area contributed by atoms with Gasteiger partial charge in [0.05, 0.1) is 18.6 Å². The zero-order valence-electron chi connectivity index (χ0n) is 17.7. The highest BCUT2D eigenvalue weighted by Crippen LogP contribution is 2.20. The van der Waals surface area contributed by atoms with Crippen molar-refractivity contribution < 1.29 is 17.9 Å². The lowest BCUT2D eigenvalue weighted by atomic mass is 10.1. The van der Waals surface area contributed by atoms with Crippen LogP contribution in [0.15, 0.2) is 83.8 Å². The summed E-state index contributed by atoms with van der Waals surface area (Å²) in [7, 11) is -2.33. The van der Waals surface area contributed by atoms with E-state index in [1.807, 2.05) is 48.5 Å². The van der Waals surface area contributed by atoms with E-state index in [0.717, 1.165) is 11.1 Å². The van der Waals surface area contributed by atoms with Gasteiger partial charge in [0.25, 0.3) is 0 Å². The number of para-hydroxylation sites is 1. The van der Waals surface area contributed by atoms with Crippen LogP contribution >= 0.6 is 11.6 Å². The molecule has 0 heterocycles. The normalized spacial score (nSPS) is 11.3. The Hall–Kier alpha value is -2.87. The van der Waals surface area contributed by atoms with E-state index >= 15 is 0 Å². The van der Waals surface area contributed by atoms with Gasteiger partial charge >= 0.3 is 0 Å². The molecule has 0 saturated carbocycles. The molecule has 0 aliphatic heterocycles. The quantitative estimate of drug-likeness (QED) is 0.485. The number of nitrogens with zero attached hydrogens (tertiary/aromatic N) is 1. The molecule has 0 radical (unpaired) electrons. The smallest absolute Gasteiger partial charge is 0.243 e. The molecule has 0 aromatic heterocycles. The van der Waals surface area contributed by atoms with Crippen molar-refractivity contribution in [1.29, 1.82) is 0 Å². The number of hydrogen-bond acceptors (Lipinski definition) is 4. The monoisotopic (exact) mass is 472 g/mol. The standard InChI is InChI=1S/C24H25ClN2O4S/c1-31-23-10-6-5-9-20(23)17-26-24(28)18-27(16-15-19-7-3-2-4-8-19)32(29,30)22-13-11-21(25)12-14-22/h2-14H,15-18H2,1H3,(H,26,28). The van der Waals surface area contributed by atoms with E-state index in [1.165, 1.54) is 28.6 Å². The third kappa shape index (κ3) is 6.32. The Morgan fingerprint density at radius 3 is 2.31 bits per heavy atom. The van der Waals surface area contributed by atoms with Crippen molar-refractivity contribution in [3.63, 3.8) is 0 Å². The average molecular weight is 473 g/mol. The molecule has 0 bridgehead atoms. The number of benzene rings is 3. The molecule has 6 nitrogen and oxygen atoms in total. The summed E-state index contributed by atoms with van der Waals surface area (Å²) in [6.45, 7) is 0.0976. The van der Waals surface area contributed by atoms with E-state index < -0.39 is 15.9 Å². The molecule has 0 aliphatic rings. The predicted octanol–water partition coefficient (Wildman–Crippen LogP) is 3.90. The zero-order chi connectivity index (χ0) is 23.0. The molecule has 3 aromatic rings. The third-order valence-corrected chi connectivity index (χ3v) is 7.04. The molecule has 3 aromatic carbocycles. The fourth-order valence-corrected chi connectivity index (χ4v) is 4.72. The number of rotatable bonds is 10. The second kappa shape index (κ2) is 11.1. The first kappa shape index (κ1) is 23.8. The molecule has 1 amide bonds. The first-order chi connectivity index (χ1) is 15.4. The van der Waals surface area contributed by atoms with Crippen LogP contribution in [0.3, 0.4) is 0 Å². The van der Waals surface area contributed by atoms with E-state index in [1.54, 1.807) is 13.2 Å². The summed E-state index contributed by atoms with van der Waals surface area (Å²) in [5.41, 5.74) is 1.79. The summed E-state index contributed by atoms with van der Waals surface area (Å²) in [6.07, 6.45) is 0.480. The van der Waals surface area contributed by atoms with Crippen LogP contribution in [0.25, 0.3) is 0 Å². The van der Waals surface area contributed by atoms with Crippen LogP contribution in [0.1, 0.15) is 11.1 Å². The molecule has 168 valence electrons. The van der Waals surface area contributed by atoms with Gasteiger partial charge in [-0.1, -0.05) is 60.1 Å². The van der Waals surface area contributed by atoms with Crippen LogP contribution in [0.2, 0.25) is 5.02 Å². The van der Waals surface area contributed by atoms with Gasteiger partial charge < -0.3 is 10.1 Å². The number of carbonyl (C=O) groups is 1. The number of methoxy groups -OCH3 is 1. The number of hydrogen-bond donors (Lipinski definition) is 1. The molecule has 1 N–H and O–H groups in total. The SMILES string of the molecule is COc1ccccc1CNC(=O)CN(CCc1ccccc1)S(=O)(=O)c1ccc(Cl)cc1. The lowest BCUT2D eigenvalue weighted by Crippen LogP contribution is -2.41. The maximum absolute atomic E-state index is 13.3. The van der Waals surface area contributed by atoms with Gasteiger partial charge in [0, 0.05) is 23.7 Å². The van der Waals surface area contributed by atoms with E-state index in [-0.39, 0.29) is 24.5 Å². The summed E-state index contributed by atoms with van der Waals surface area (Å²) in [5, 5.41) is 3.23. The summed E-state index contributed by atoms with van der Waals surface area (Å²) in [4.78, 5) is 12.8. The van der Waals surface area contributed by atoms with Crippen LogP contribution < -0.4 is 10.1 Å². The molecule has 32 heavy (non-hydrogen) atoms. The molecule has 0 unspecified atom stereocenters. The number of sulfonamides is 1. The van der Waals surface area contributed by atoms with Crippen LogP contribution in [0, 0.1) is 0 Å². The molecule has 3 rings (SSSR count). The minimum Gasteiger partial charge on any atom is -0.496 e. The number of halogens is 1. The van der Waals surface area contributed by atoms with Gasteiger partial charge in [0.2, 0.25) is 15.9 Å². The van der Waals surface area contributed by atoms with E-state index in [2.05, 4.69) is 5.32 Å². The van der Waals surface area contributed by atoms with Crippen molar-refractivity contribution in [1.82, 2.24) is 9.62 Å². The Morgan fingerprint density at radius 2 is 1.62 bits per heavy atom. The number of amides is 1. The molecule has 0 atom stereocenters. The number of ether oxygens (including phenoxy) is 1.